The van der Waals surface area contributed by atoms with E-state index in [2.05, 4.69) is 41.6 Å². The summed E-state index contributed by atoms with van der Waals surface area (Å²) < 4.78 is 0. The summed E-state index contributed by atoms with van der Waals surface area (Å²) in [5.74, 6) is 1.99. The molecule has 4 heteroatoms. The molecule has 2 N–H and O–H groups in total. The van der Waals surface area contributed by atoms with Crippen LogP contribution >= 0.6 is 11.8 Å². The molecule has 0 aliphatic heterocycles. The molecule has 3 nitrogen and oxygen atoms in total. The van der Waals surface area contributed by atoms with Gasteiger partial charge in [-0.05, 0) is 18.1 Å². The summed E-state index contributed by atoms with van der Waals surface area (Å²) in [6.45, 7) is 2.94. The highest BCUT2D eigenvalue weighted by molar-refractivity contribution is 7.98. The van der Waals surface area contributed by atoms with Gasteiger partial charge in [-0.3, -0.25) is 4.79 Å². The first-order chi connectivity index (χ1) is 9.81. The lowest BCUT2D eigenvalue weighted by atomic mass is 10.2. The normalized spacial score (nSPS) is 10.8. The Morgan fingerprint density at radius 2 is 2.20 bits per heavy atom. The Bertz CT molecular complexity index is 550. The van der Waals surface area contributed by atoms with E-state index in [1.54, 1.807) is 0 Å². The summed E-state index contributed by atoms with van der Waals surface area (Å²) in [7, 11) is 0. The summed E-state index contributed by atoms with van der Waals surface area (Å²) >= 11 is 1.81. The zero-order chi connectivity index (χ0) is 14.2. The third-order valence-electron chi connectivity index (χ3n) is 3.26. The number of carbonyl (C=O) groups is 1. The predicted octanol–water partition coefficient (Wildman–Crippen LogP) is 3.71. The number of thioether (sulfide) groups is 1. The smallest absolute Gasteiger partial charge is 0.220 e. The number of hydrogen-bond donors (Lipinski definition) is 2. The second-order valence-electron chi connectivity index (χ2n) is 4.87. The van der Waals surface area contributed by atoms with Gasteiger partial charge in [-0.25, -0.2) is 0 Å². The van der Waals surface area contributed by atoms with Gasteiger partial charge in [-0.2, -0.15) is 11.8 Å². The van der Waals surface area contributed by atoms with Crippen LogP contribution in [0.3, 0.4) is 0 Å². The van der Waals surface area contributed by atoms with E-state index in [1.165, 1.54) is 16.5 Å². The van der Waals surface area contributed by atoms with E-state index < -0.39 is 0 Å². The fourth-order valence-electron chi connectivity index (χ4n) is 2.09. The van der Waals surface area contributed by atoms with Crippen LogP contribution in [-0.4, -0.2) is 23.2 Å². The lowest BCUT2D eigenvalue weighted by Crippen LogP contribution is -2.24. The van der Waals surface area contributed by atoms with Crippen LogP contribution in [0.25, 0.3) is 10.9 Å². The molecule has 0 aliphatic rings. The summed E-state index contributed by atoms with van der Waals surface area (Å²) in [6, 6.07) is 8.33. The van der Waals surface area contributed by atoms with Crippen molar-refractivity contribution in [2.45, 2.75) is 31.9 Å². The van der Waals surface area contributed by atoms with E-state index in [-0.39, 0.29) is 5.91 Å². The van der Waals surface area contributed by atoms with Crippen molar-refractivity contribution in [3.05, 3.63) is 36.0 Å². The van der Waals surface area contributed by atoms with Crippen LogP contribution in [0.15, 0.2) is 30.5 Å². The Balaban J connectivity index is 1.70. The molecule has 0 bridgehead atoms. The highest BCUT2D eigenvalue weighted by Crippen LogP contribution is 2.22. The molecule has 1 aromatic heterocycles. The quantitative estimate of drug-likeness (QED) is 0.728. The van der Waals surface area contributed by atoms with Gasteiger partial charge in [-0.15, -0.1) is 0 Å². The summed E-state index contributed by atoms with van der Waals surface area (Å²) in [6.07, 6.45) is 4.86. The van der Waals surface area contributed by atoms with Crippen LogP contribution in [0.5, 0.6) is 0 Å². The van der Waals surface area contributed by atoms with Crippen molar-refractivity contribution in [3.63, 3.8) is 0 Å². The Kier molecular flexibility index (Phi) is 5.99. The number of rotatable bonds is 8. The molecule has 0 saturated carbocycles. The maximum Gasteiger partial charge on any atom is 0.220 e. The Labute approximate surface area is 124 Å². The van der Waals surface area contributed by atoms with E-state index in [0.29, 0.717) is 6.42 Å². The van der Waals surface area contributed by atoms with Crippen molar-refractivity contribution in [1.29, 1.82) is 0 Å². The number of hydrogen-bond acceptors (Lipinski definition) is 2. The van der Waals surface area contributed by atoms with Gasteiger partial charge in [0.1, 0.15) is 0 Å². The molecular formula is C16H22N2OS. The first-order valence-corrected chi connectivity index (χ1v) is 8.36. The topological polar surface area (TPSA) is 44.9 Å². The minimum Gasteiger partial charge on any atom is -0.361 e. The average molecular weight is 290 g/mol. The number of fused-ring (bicyclic) bond motifs is 1. The number of H-pyrrole nitrogens is 1. The van der Waals surface area contributed by atoms with Crippen molar-refractivity contribution in [2.75, 3.05) is 12.3 Å². The summed E-state index contributed by atoms with van der Waals surface area (Å²) in [5, 5.41) is 4.23. The first-order valence-electron chi connectivity index (χ1n) is 7.20. The molecule has 20 heavy (non-hydrogen) atoms. The molecule has 1 amide bonds. The Hall–Kier alpha value is -1.42. The fraction of sp³-hybridized carbons (Fsp3) is 0.438. The summed E-state index contributed by atoms with van der Waals surface area (Å²) in [4.78, 5) is 14.8. The number of benzene rings is 1. The van der Waals surface area contributed by atoms with Crippen molar-refractivity contribution in [1.82, 2.24) is 10.3 Å². The van der Waals surface area contributed by atoms with Crippen LogP contribution in [0.2, 0.25) is 0 Å². The number of carbonyl (C=O) groups excluding carboxylic acids is 1. The molecule has 1 aromatic carbocycles. The predicted molar refractivity (Wildman–Crippen MR) is 87.0 cm³/mol. The SMILES string of the molecule is CCCCNC(=O)CCSCc1c[nH]c2ccccc12. The standard InChI is InChI=1S/C16H22N2OS/c1-2-3-9-17-16(19)8-10-20-12-13-11-18-15-7-5-4-6-14(13)15/h4-7,11,18H,2-3,8-10,12H2,1H3,(H,17,19). The minimum absolute atomic E-state index is 0.171. The van der Waals surface area contributed by atoms with Gasteiger partial charge in [0.2, 0.25) is 5.91 Å². The molecule has 2 aromatic rings. The Morgan fingerprint density at radius 3 is 3.05 bits per heavy atom. The van der Waals surface area contributed by atoms with Crippen LogP contribution < -0.4 is 5.32 Å². The molecule has 0 atom stereocenters. The van der Waals surface area contributed by atoms with Gasteiger partial charge in [-0.1, -0.05) is 31.5 Å². The highest BCUT2D eigenvalue weighted by Gasteiger charge is 2.04. The molecule has 0 fully saturated rings. The van der Waals surface area contributed by atoms with Crippen molar-refractivity contribution in [3.8, 4) is 0 Å². The third-order valence-corrected chi connectivity index (χ3v) is 4.27. The molecule has 0 spiro atoms. The molecule has 0 radical (unpaired) electrons. The largest absolute Gasteiger partial charge is 0.361 e. The van der Waals surface area contributed by atoms with E-state index in [9.17, 15) is 4.79 Å². The zero-order valence-corrected chi connectivity index (χ0v) is 12.8. The zero-order valence-electron chi connectivity index (χ0n) is 11.9. The first kappa shape index (κ1) is 15.0. The molecule has 0 saturated heterocycles. The number of unbranched alkanes of at least 4 members (excludes halogenated alkanes) is 1. The molecular weight excluding hydrogens is 268 g/mol. The monoisotopic (exact) mass is 290 g/mol. The number of amides is 1. The van der Waals surface area contributed by atoms with Crippen LogP contribution in [0, 0.1) is 0 Å². The van der Waals surface area contributed by atoms with Crippen molar-refractivity contribution < 1.29 is 4.79 Å². The van der Waals surface area contributed by atoms with Gasteiger partial charge in [0, 0.05) is 41.6 Å². The molecule has 2 rings (SSSR count). The maximum absolute atomic E-state index is 11.6. The van der Waals surface area contributed by atoms with E-state index >= 15 is 0 Å². The number of aromatic nitrogens is 1. The van der Waals surface area contributed by atoms with Crippen LogP contribution in [0.1, 0.15) is 31.7 Å². The van der Waals surface area contributed by atoms with Crippen LogP contribution in [0.4, 0.5) is 0 Å². The average Bonchev–Trinajstić information content (AvgIpc) is 2.87. The number of aromatic amines is 1. The van der Waals surface area contributed by atoms with Gasteiger partial charge in [0.25, 0.3) is 0 Å². The molecule has 108 valence electrons. The van der Waals surface area contributed by atoms with Crippen molar-refractivity contribution in [2.24, 2.45) is 0 Å². The van der Waals surface area contributed by atoms with Gasteiger partial charge in [0.05, 0.1) is 0 Å². The lowest BCUT2D eigenvalue weighted by Gasteiger charge is -2.04. The second-order valence-corrected chi connectivity index (χ2v) is 5.97. The third kappa shape index (κ3) is 4.30. The van der Waals surface area contributed by atoms with E-state index in [1.807, 2.05) is 17.8 Å². The molecule has 0 unspecified atom stereocenters. The molecule has 1 heterocycles. The van der Waals surface area contributed by atoms with Gasteiger partial charge in [0.15, 0.2) is 0 Å². The van der Waals surface area contributed by atoms with E-state index in [0.717, 1.165) is 30.9 Å². The second kappa shape index (κ2) is 8.00. The number of para-hydroxylation sites is 1. The maximum atomic E-state index is 11.6. The summed E-state index contributed by atoms with van der Waals surface area (Å²) in [5.41, 5.74) is 2.50. The van der Waals surface area contributed by atoms with Crippen LogP contribution in [-0.2, 0) is 10.5 Å². The van der Waals surface area contributed by atoms with Crippen molar-refractivity contribution >= 4 is 28.6 Å². The lowest BCUT2D eigenvalue weighted by molar-refractivity contribution is -0.120. The highest BCUT2D eigenvalue weighted by atomic mass is 32.2. The fourth-order valence-corrected chi connectivity index (χ4v) is 3.02. The molecule has 0 aliphatic carbocycles. The number of nitrogens with one attached hydrogen (secondary N) is 2. The van der Waals surface area contributed by atoms with E-state index in [4.69, 9.17) is 0 Å². The minimum atomic E-state index is 0.171. The van der Waals surface area contributed by atoms with Gasteiger partial charge < -0.3 is 10.3 Å². The Morgan fingerprint density at radius 1 is 1.35 bits per heavy atom. The van der Waals surface area contributed by atoms with Gasteiger partial charge >= 0.3 is 0 Å².